The molecule has 19 heavy (non-hydrogen) atoms. The number of piperidine rings is 1. The molecule has 4 nitrogen and oxygen atoms in total. The van der Waals surface area contributed by atoms with Crippen molar-refractivity contribution < 1.29 is 13.6 Å². The van der Waals surface area contributed by atoms with Crippen LogP contribution >= 0.6 is 11.3 Å². The Labute approximate surface area is 113 Å². The summed E-state index contributed by atoms with van der Waals surface area (Å²) in [7, 11) is 0. The maximum absolute atomic E-state index is 13.2. The third kappa shape index (κ3) is 2.24. The predicted molar refractivity (Wildman–Crippen MR) is 66.2 cm³/mol. The molecule has 0 aromatic carbocycles. The molecule has 2 fully saturated rings. The van der Waals surface area contributed by atoms with Gasteiger partial charge in [-0.15, -0.1) is 21.5 Å². The first-order chi connectivity index (χ1) is 8.92. The first kappa shape index (κ1) is 12.9. The van der Waals surface area contributed by atoms with E-state index in [1.165, 1.54) is 11.3 Å². The zero-order valence-corrected chi connectivity index (χ0v) is 11.5. The Balaban J connectivity index is 1.55. The number of hydrogen-bond donors (Lipinski definition) is 0. The second-order valence-corrected chi connectivity index (χ2v) is 6.70. The minimum Gasteiger partial charge on any atom is -0.342 e. The van der Waals surface area contributed by atoms with E-state index in [1.807, 2.05) is 6.92 Å². The fourth-order valence-electron chi connectivity index (χ4n) is 2.76. The first-order valence-corrected chi connectivity index (χ1v) is 7.18. The van der Waals surface area contributed by atoms with Gasteiger partial charge in [0.25, 0.3) is 5.92 Å². The van der Waals surface area contributed by atoms with E-state index in [0.717, 1.165) is 5.01 Å². The number of alkyl halides is 2. The quantitative estimate of drug-likeness (QED) is 0.836. The molecule has 104 valence electrons. The summed E-state index contributed by atoms with van der Waals surface area (Å²) in [6.45, 7) is 2.71. The lowest BCUT2D eigenvalue weighted by atomic mass is 9.93. The van der Waals surface area contributed by atoms with Gasteiger partial charge < -0.3 is 4.90 Å². The van der Waals surface area contributed by atoms with E-state index < -0.39 is 11.3 Å². The van der Waals surface area contributed by atoms with Crippen molar-refractivity contribution in [3.05, 3.63) is 10.0 Å². The highest BCUT2D eigenvalue weighted by molar-refractivity contribution is 7.11. The summed E-state index contributed by atoms with van der Waals surface area (Å²) in [5.74, 6) is -2.53. The van der Waals surface area contributed by atoms with Gasteiger partial charge >= 0.3 is 0 Å². The molecule has 0 unspecified atom stereocenters. The summed E-state index contributed by atoms with van der Waals surface area (Å²) in [5, 5.41) is 9.31. The lowest BCUT2D eigenvalue weighted by Crippen LogP contribution is -2.41. The number of rotatable bonds is 2. The molecule has 0 atom stereocenters. The van der Waals surface area contributed by atoms with Crippen LogP contribution < -0.4 is 0 Å². The summed E-state index contributed by atoms with van der Waals surface area (Å²) < 4.78 is 26.5. The van der Waals surface area contributed by atoms with E-state index in [9.17, 15) is 13.6 Å². The van der Waals surface area contributed by atoms with Crippen LogP contribution in [0.2, 0.25) is 0 Å². The van der Waals surface area contributed by atoms with Crippen molar-refractivity contribution in [2.75, 3.05) is 13.1 Å². The molecule has 1 aliphatic carbocycles. The summed E-state index contributed by atoms with van der Waals surface area (Å²) >= 11 is 1.40. The fraction of sp³-hybridized carbons (Fsp3) is 0.750. The molecule has 1 spiro atoms. The molecule has 1 aliphatic heterocycles. The van der Waals surface area contributed by atoms with E-state index >= 15 is 0 Å². The van der Waals surface area contributed by atoms with Gasteiger partial charge in [-0.2, -0.15) is 0 Å². The van der Waals surface area contributed by atoms with Crippen LogP contribution in [-0.4, -0.2) is 40.0 Å². The molecule has 0 N–H and O–H groups in total. The summed E-state index contributed by atoms with van der Waals surface area (Å²) in [5.41, 5.74) is -0.802. The van der Waals surface area contributed by atoms with Gasteiger partial charge in [0.1, 0.15) is 10.0 Å². The van der Waals surface area contributed by atoms with Crippen LogP contribution in [0.5, 0.6) is 0 Å². The monoisotopic (exact) mass is 287 g/mol. The van der Waals surface area contributed by atoms with E-state index in [2.05, 4.69) is 10.2 Å². The summed E-state index contributed by atoms with van der Waals surface area (Å²) in [4.78, 5) is 13.7. The minimum atomic E-state index is -2.50. The standard InChI is InChI=1S/C12H15F2N3OS/c1-8-15-16-9(19-8)6-10(18)17-4-2-11(3-5-17)7-12(11,13)14/h2-7H2,1H3. The van der Waals surface area contributed by atoms with Crippen LogP contribution in [0.1, 0.15) is 29.3 Å². The zero-order chi connectivity index (χ0) is 13.7. The molecule has 0 bridgehead atoms. The SMILES string of the molecule is Cc1nnc(CC(=O)N2CCC3(CC2)CC3(F)F)s1. The summed E-state index contributed by atoms with van der Waals surface area (Å²) in [6, 6.07) is 0. The van der Waals surface area contributed by atoms with Crippen LogP contribution in [0, 0.1) is 12.3 Å². The highest BCUT2D eigenvalue weighted by Gasteiger charge is 2.70. The third-order valence-corrected chi connectivity index (χ3v) is 4.99. The smallest absolute Gasteiger partial charge is 0.254 e. The van der Waals surface area contributed by atoms with Crippen molar-refractivity contribution in [3.8, 4) is 0 Å². The number of nitrogens with zero attached hydrogens (tertiary/aromatic N) is 3. The lowest BCUT2D eigenvalue weighted by Gasteiger charge is -2.32. The predicted octanol–water partition coefficient (Wildman–Crippen LogP) is 2.04. The van der Waals surface area contributed by atoms with Crippen LogP contribution in [-0.2, 0) is 11.2 Å². The molecule has 1 saturated carbocycles. The van der Waals surface area contributed by atoms with E-state index in [0.29, 0.717) is 30.9 Å². The highest BCUT2D eigenvalue weighted by atomic mass is 32.1. The van der Waals surface area contributed by atoms with Gasteiger partial charge in [-0.05, 0) is 19.8 Å². The van der Waals surface area contributed by atoms with Crippen molar-refractivity contribution in [1.82, 2.24) is 15.1 Å². The van der Waals surface area contributed by atoms with Crippen molar-refractivity contribution in [3.63, 3.8) is 0 Å². The molecule has 0 radical (unpaired) electrons. The fourth-order valence-corrected chi connectivity index (χ4v) is 3.46. The number of aryl methyl sites for hydroxylation is 1. The maximum atomic E-state index is 13.2. The molecule has 2 aliphatic rings. The van der Waals surface area contributed by atoms with Crippen molar-refractivity contribution >= 4 is 17.2 Å². The number of aromatic nitrogens is 2. The van der Waals surface area contributed by atoms with Crippen LogP contribution in [0.25, 0.3) is 0 Å². The van der Waals surface area contributed by atoms with Gasteiger partial charge in [-0.25, -0.2) is 8.78 Å². The van der Waals surface area contributed by atoms with Crippen molar-refractivity contribution in [2.24, 2.45) is 5.41 Å². The number of carbonyl (C=O) groups is 1. The molecule has 1 aromatic rings. The number of hydrogen-bond acceptors (Lipinski definition) is 4. The third-order valence-electron chi connectivity index (χ3n) is 4.15. The average Bonchev–Trinajstić information content (AvgIpc) is 2.69. The molecular formula is C12H15F2N3OS. The van der Waals surface area contributed by atoms with Gasteiger partial charge in [0.2, 0.25) is 5.91 Å². The molecule has 7 heteroatoms. The second kappa shape index (κ2) is 4.19. The van der Waals surface area contributed by atoms with E-state index in [4.69, 9.17) is 0 Å². The van der Waals surface area contributed by atoms with Gasteiger partial charge in [-0.1, -0.05) is 0 Å². The van der Waals surface area contributed by atoms with Crippen LogP contribution in [0.3, 0.4) is 0 Å². The number of likely N-dealkylation sites (tertiary alicyclic amines) is 1. The van der Waals surface area contributed by atoms with Gasteiger partial charge in [-0.3, -0.25) is 4.79 Å². The first-order valence-electron chi connectivity index (χ1n) is 6.36. The Morgan fingerprint density at radius 1 is 1.37 bits per heavy atom. The molecule has 1 saturated heterocycles. The molecule has 3 rings (SSSR count). The Hall–Kier alpha value is -1.11. The topological polar surface area (TPSA) is 46.1 Å². The Bertz CT molecular complexity index is 509. The molecule has 2 heterocycles. The second-order valence-electron chi connectivity index (χ2n) is 5.43. The van der Waals surface area contributed by atoms with Crippen LogP contribution in [0.4, 0.5) is 8.78 Å². The zero-order valence-electron chi connectivity index (χ0n) is 10.7. The number of amides is 1. The molecule has 1 aromatic heterocycles. The number of halogens is 2. The minimum absolute atomic E-state index is 0.00236. The molecule has 1 amide bonds. The van der Waals surface area contributed by atoms with Crippen molar-refractivity contribution in [2.45, 2.75) is 38.5 Å². The highest BCUT2D eigenvalue weighted by Crippen LogP contribution is 2.65. The Morgan fingerprint density at radius 3 is 2.47 bits per heavy atom. The van der Waals surface area contributed by atoms with E-state index in [-0.39, 0.29) is 18.7 Å². The van der Waals surface area contributed by atoms with Gasteiger partial charge in [0.05, 0.1) is 6.42 Å². The van der Waals surface area contributed by atoms with Gasteiger partial charge in [0, 0.05) is 24.9 Å². The Morgan fingerprint density at radius 2 is 2.00 bits per heavy atom. The molecular weight excluding hydrogens is 272 g/mol. The normalized spacial score (nSPS) is 23.6. The summed E-state index contributed by atoms with van der Waals surface area (Å²) in [6.07, 6.45) is 1.06. The maximum Gasteiger partial charge on any atom is 0.254 e. The van der Waals surface area contributed by atoms with E-state index in [1.54, 1.807) is 4.90 Å². The van der Waals surface area contributed by atoms with Gasteiger partial charge in [0.15, 0.2) is 0 Å². The Kier molecular flexibility index (Phi) is 2.85. The average molecular weight is 287 g/mol. The number of carbonyl (C=O) groups excluding carboxylic acids is 1. The van der Waals surface area contributed by atoms with Crippen LogP contribution in [0.15, 0.2) is 0 Å². The van der Waals surface area contributed by atoms with Crippen molar-refractivity contribution in [1.29, 1.82) is 0 Å². The largest absolute Gasteiger partial charge is 0.342 e. The lowest BCUT2D eigenvalue weighted by molar-refractivity contribution is -0.132.